The number of carbonyl (C=O) groups excluding carboxylic acids is 1. The Morgan fingerprint density at radius 2 is 1.96 bits per heavy atom. The summed E-state index contributed by atoms with van der Waals surface area (Å²) in [6.07, 6.45) is 5.68. The molecule has 0 aromatic heterocycles. The molecule has 2 heterocycles. The van der Waals surface area contributed by atoms with Gasteiger partial charge < -0.3 is 5.11 Å². The molecule has 2 aliphatic heterocycles. The molecule has 27 heavy (non-hydrogen) atoms. The maximum atomic E-state index is 12.6. The number of amidine groups is 1. The second kappa shape index (κ2) is 6.97. The van der Waals surface area contributed by atoms with E-state index in [0.29, 0.717) is 5.56 Å². The SMILES string of the molecule is N#C/C(=C\c1ccc(C(=O)O)cc1)C1=NC(=O)C2C(=N1)SC1=C2CCCC1. The van der Waals surface area contributed by atoms with Crippen LogP contribution in [0.3, 0.4) is 0 Å². The van der Waals surface area contributed by atoms with E-state index < -0.39 is 5.97 Å². The number of nitrogens with zero attached hydrogens (tertiary/aromatic N) is 3. The van der Waals surface area contributed by atoms with E-state index in [0.717, 1.165) is 36.3 Å². The summed E-state index contributed by atoms with van der Waals surface area (Å²) in [6.45, 7) is 0. The van der Waals surface area contributed by atoms with Crippen molar-refractivity contribution in [2.75, 3.05) is 0 Å². The lowest BCUT2D eigenvalue weighted by molar-refractivity contribution is -0.118. The summed E-state index contributed by atoms with van der Waals surface area (Å²) in [7, 11) is 0. The fraction of sp³-hybridized carbons (Fsp3) is 0.250. The number of fused-ring (bicyclic) bond motifs is 2. The molecule has 7 heteroatoms. The van der Waals surface area contributed by atoms with Gasteiger partial charge in [-0.15, -0.1) is 0 Å². The normalized spacial score (nSPS) is 21.8. The second-order valence-corrected chi connectivity index (χ2v) is 7.63. The first-order valence-corrected chi connectivity index (χ1v) is 9.45. The summed E-state index contributed by atoms with van der Waals surface area (Å²) >= 11 is 1.55. The Hall–Kier alpha value is -2.98. The van der Waals surface area contributed by atoms with Gasteiger partial charge in [0.25, 0.3) is 5.91 Å². The van der Waals surface area contributed by atoms with E-state index in [-0.39, 0.29) is 28.8 Å². The van der Waals surface area contributed by atoms with Crippen LogP contribution in [0, 0.1) is 17.2 Å². The Labute approximate surface area is 160 Å². The number of rotatable bonds is 3. The highest BCUT2D eigenvalue weighted by Gasteiger charge is 2.40. The molecule has 1 amide bonds. The molecule has 1 atom stereocenters. The van der Waals surface area contributed by atoms with E-state index in [9.17, 15) is 14.9 Å². The zero-order valence-electron chi connectivity index (χ0n) is 14.3. The number of amides is 1. The van der Waals surface area contributed by atoms with Gasteiger partial charge >= 0.3 is 5.97 Å². The number of aromatic carboxylic acids is 1. The zero-order chi connectivity index (χ0) is 19.0. The third kappa shape index (κ3) is 3.24. The fourth-order valence-corrected chi connectivity index (χ4v) is 4.80. The molecular weight excluding hydrogens is 362 g/mol. The van der Waals surface area contributed by atoms with Crippen molar-refractivity contribution in [1.82, 2.24) is 0 Å². The molecule has 0 saturated heterocycles. The smallest absolute Gasteiger partial charge is 0.335 e. The van der Waals surface area contributed by atoms with Gasteiger partial charge in [0.1, 0.15) is 12.0 Å². The van der Waals surface area contributed by atoms with Crippen LogP contribution in [0.15, 0.2) is 50.3 Å². The van der Waals surface area contributed by atoms with Gasteiger partial charge in [0.15, 0.2) is 5.84 Å². The van der Waals surface area contributed by atoms with Crippen LogP contribution in [-0.2, 0) is 4.79 Å². The Balaban J connectivity index is 1.64. The quantitative estimate of drug-likeness (QED) is 0.807. The molecule has 0 radical (unpaired) electrons. The minimum atomic E-state index is -1.01. The number of hydrogen-bond donors (Lipinski definition) is 1. The van der Waals surface area contributed by atoms with Crippen molar-refractivity contribution in [3.05, 3.63) is 51.4 Å². The third-order valence-electron chi connectivity index (χ3n) is 4.79. The lowest BCUT2D eigenvalue weighted by Gasteiger charge is -2.18. The third-order valence-corrected chi connectivity index (χ3v) is 6.04. The van der Waals surface area contributed by atoms with Gasteiger partial charge in [0.2, 0.25) is 0 Å². The highest BCUT2D eigenvalue weighted by Crippen LogP contribution is 2.47. The number of thioether (sulfide) groups is 1. The lowest BCUT2D eigenvalue weighted by atomic mass is 9.89. The predicted octanol–water partition coefficient (Wildman–Crippen LogP) is 3.82. The number of carboxylic acid groups (broad SMARTS) is 1. The highest BCUT2D eigenvalue weighted by atomic mass is 32.2. The zero-order valence-corrected chi connectivity index (χ0v) is 15.1. The number of nitriles is 1. The maximum absolute atomic E-state index is 12.6. The second-order valence-electron chi connectivity index (χ2n) is 6.51. The molecule has 0 spiro atoms. The fourth-order valence-electron chi connectivity index (χ4n) is 3.45. The van der Waals surface area contributed by atoms with E-state index in [1.54, 1.807) is 30.0 Å². The van der Waals surface area contributed by atoms with Gasteiger partial charge in [0.05, 0.1) is 16.2 Å². The largest absolute Gasteiger partial charge is 0.478 e. The monoisotopic (exact) mass is 377 g/mol. The topological polar surface area (TPSA) is 103 Å². The highest BCUT2D eigenvalue weighted by molar-refractivity contribution is 8.17. The van der Waals surface area contributed by atoms with Crippen molar-refractivity contribution in [3.63, 3.8) is 0 Å². The Morgan fingerprint density at radius 3 is 2.67 bits per heavy atom. The summed E-state index contributed by atoms with van der Waals surface area (Å²) < 4.78 is 0. The molecule has 1 unspecified atom stereocenters. The first kappa shape index (κ1) is 17.4. The number of benzene rings is 1. The predicted molar refractivity (Wildman–Crippen MR) is 103 cm³/mol. The minimum Gasteiger partial charge on any atom is -0.478 e. The number of hydrogen-bond acceptors (Lipinski definition) is 5. The van der Waals surface area contributed by atoms with Gasteiger partial charge in [-0.25, -0.2) is 9.79 Å². The molecule has 1 N–H and O–H groups in total. The van der Waals surface area contributed by atoms with E-state index in [1.165, 1.54) is 17.0 Å². The summed E-state index contributed by atoms with van der Waals surface area (Å²) in [6, 6.07) is 8.18. The van der Waals surface area contributed by atoms with E-state index in [1.807, 2.05) is 0 Å². The van der Waals surface area contributed by atoms with Crippen molar-refractivity contribution in [3.8, 4) is 6.07 Å². The number of carboxylic acids is 1. The molecule has 1 aliphatic carbocycles. The van der Waals surface area contributed by atoms with Crippen LogP contribution in [0.25, 0.3) is 6.08 Å². The van der Waals surface area contributed by atoms with Crippen LogP contribution in [0.5, 0.6) is 0 Å². The van der Waals surface area contributed by atoms with Gasteiger partial charge in [-0.05, 0) is 59.9 Å². The molecule has 3 aliphatic rings. The minimum absolute atomic E-state index is 0.128. The number of carbonyl (C=O) groups is 2. The van der Waals surface area contributed by atoms with E-state index in [2.05, 4.69) is 16.1 Å². The lowest BCUT2D eigenvalue weighted by Crippen LogP contribution is -2.26. The first-order chi connectivity index (χ1) is 13.1. The van der Waals surface area contributed by atoms with Crippen molar-refractivity contribution in [1.29, 1.82) is 5.26 Å². The number of aliphatic imine (C=N–C) groups is 2. The van der Waals surface area contributed by atoms with E-state index >= 15 is 0 Å². The Bertz CT molecular complexity index is 1010. The molecule has 0 fully saturated rings. The summed E-state index contributed by atoms with van der Waals surface area (Å²) in [5, 5.41) is 19.2. The van der Waals surface area contributed by atoms with Crippen LogP contribution in [0.2, 0.25) is 0 Å². The molecule has 6 nitrogen and oxygen atoms in total. The Morgan fingerprint density at radius 1 is 1.22 bits per heavy atom. The van der Waals surface area contributed by atoms with Gasteiger partial charge in [-0.1, -0.05) is 23.9 Å². The maximum Gasteiger partial charge on any atom is 0.335 e. The molecule has 0 bridgehead atoms. The standard InChI is InChI=1S/C20H15N3O3S/c21-10-13(9-11-5-7-12(8-6-11)20(25)26)17-22-18(24)16-14-3-1-2-4-15(14)27-19(16)23-17/h5-9,16H,1-4H2,(H,25,26)/b13-9+. The van der Waals surface area contributed by atoms with Gasteiger partial charge in [-0.3, -0.25) is 4.79 Å². The van der Waals surface area contributed by atoms with Crippen LogP contribution >= 0.6 is 11.8 Å². The van der Waals surface area contributed by atoms with E-state index in [4.69, 9.17) is 5.11 Å². The molecular formula is C20H15N3O3S. The van der Waals surface area contributed by atoms with Crippen LogP contribution in [-0.4, -0.2) is 27.9 Å². The number of allylic oxidation sites excluding steroid dienone is 1. The summed E-state index contributed by atoms with van der Waals surface area (Å²) in [4.78, 5) is 33.4. The average molecular weight is 377 g/mol. The van der Waals surface area contributed by atoms with Crippen LogP contribution < -0.4 is 0 Å². The first-order valence-electron chi connectivity index (χ1n) is 8.63. The van der Waals surface area contributed by atoms with Crippen LogP contribution in [0.4, 0.5) is 0 Å². The van der Waals surface area contributed by atoms with Crippen molar-refractivity contribution in [2.45, 2.75) is 25.7 Å². The van der Waals surface area contributed by atoms with Crippen molar-refractivity contribution >= 4 is 40.6 Å². The summed E-state index contributed by atoms with van der Waals surface area (Å²) in [5.74, 6) is -1.50. The van der Waals surface area contributed by atoms with Gasteiger partial charge in [-0.2, -0.15) is 10.3 Å². The molecule has 1 aromatic carbocycles. The molecule has 4 rings (SSSR count). The van der Waals surface area contributed by atoms with Crippen molar-refractivity contribution < 1.29 is 14.7 Å². The average Bonchev–Trinajstić information content (AvgIpc) is 3.05. The summed E-state index contributed by atoms with van der Waals surface area (Å²) in [5.41, 5.74) is 2.15. The molecule has 0 saturated carbocycles. The van der Waals surface area contributed by atoms with Crippen molar-refractivity contribution in [2.24, 2.45) is 15.9 Å². The van der Waals surface area contributed by atoms with Crippen LogP contribution in [0.1, 0.15) is 41.6 Å². The molecule has 1 aromatic rings. The Kier molecular flexibility index (Phi) is 4.50. The van der Waals surface area contributed by atoms with Gasteiger partial charge in [0, 0.05) is 0 Å². The molecule has 134 valence electrons.